The lowest BCUT2D eigenvalue weighted by molar-refractivity contribution is -0.133. The predicted octanol–water partition coefficient (Wildman–Crippen LogP) is 1.37. The quantitative estimate of drug-likeness (QED) is 0.816. The van der Waals surface area contributed by atoms with E-state index < -0.39 is 0 Å². The highest BCUT2D eigenvalue weighted by atomic mass is 35.5. The first-order valence-corrected chi connectivity index (χ1v) is 8.06. The number of rotatable bonds is 5. The largest absolute Gasteiger partial charge is 0.339 e. The Kier molecular flexibility index (Phi) is 8.48. The van der Waals surface area contributed by atoms with Crippen LogP contribution in [0, 0.1) is 6.92 Å². The number of piperazine rings is 1. The van der Waals surface area contributed by atoms with Gasteiger partial charge < -0.3 is 15.5 Å². The number of aryl methyl sites for hydroxylation is 1. The van der Waals surface area contributed by atoms with Crippen molar-refractivity contribution in [1.82, 2.24) is 15.1 Å². The van der Waals surface area contributed by atoms with Gasteiger partial charge in [-0.05, 0) is 31.7 Å². The van der Waals surface area contributed by atoms with Gasteiger partial charge in [0.15, 0.2) is 0 Å². The highest BCUT2D eigenvalue weighted by Gasteiger charge is 2.18. The van der Waals surface area contributed by atoms with Gasteiger partial charge in [0.25, 0.3) is 0 Å². The summed E-state index contributed by atoms with van der Waals surface area (Å²) < 4.78 is 0. The molecule has 2 rings (SSSR count). The first-order valence-electron chi connectivity index (χ1n) is 7.69. The number of nitrogens with one attached hydrogen (secondary N) is 2. The molecule has 1 heterocycles. The second kappa shape index (κ2) is 9.84. The second-order valence-electron chi connectivity index (χ2n) is 5.82. The molecule has 8 heteroatoms. The van der Waals surface area contributed by atoms with Crippen LogP contribution in [-0.2, 0) is 9.59 Å². The van der Waals surface area contributed by atoms with Crippen LogP contribution in [-0.4, -0.2) is 67.9 Å². The second-order valence-corrected chi connectivity index (χ2v) is 6.22. The van der Waals surface area contributed by atoms with E-state index >= 15 is 0 Å². The molecular weight excluding hydrogens is 351 g/mol. The van der Waals surface area contributed by atoms with Crippen LogP contribution < -0.4 is 10.6 Å². The SMILES string of the molecule is Cc1ccc(NC(=O)CN(C)CC(=O)N2CCNCC2)cc1Cl.Cl. The highest BCUT2D eigenvalue weighted by molar-refractivity contribution is 6.31. The molecule has 0 unspecified atom stereocenters. The number of hydrogen-bond acceptors (Lipinski definition) is 4. The normalized spacial score (nSPS) is 14.2. The van der Waals surface area contributed by atoms with Crippen LogP contribution in [0.25, 0.3) is 0 Å². The van der Waals surface area contributed by atoms with Crippen LogP contribution in [0.2, 0.25) is 5.02 Å². The molecular formula is C16H24Cl2N4O2. The van der Waals surface area contributed by atoms with Crippen LogP contribution in [0.15, 0.2) is 18.2 Å². The Bertz CT molecular complexity index is 577. The fourth-order valence-electron chi connectivity index (χ4n) is 2.42. The summed E-state index contributed by atoms with van der Waals surface area (Å²) in [6.07, 6.45) is 0. The van der Waals surface area contributed by atoms with Crippen LogP contribution in [0.3, 0.4) is 0 Å². The zero-order chi connectivity index (χ0) is 16.8. The third kappa shape index (κ3) is 6.28. The van der Waals surface area contributed by atoms with Gasteiger partial charge in [-0.15, -0.1) is 12.4 Å². The van der Waals surface area contributed by atoms with Gasteiger partial charge in [0.2, 0.25) is 11.8 Å². The summed E-state index contributed by atoms with van der Waals surface area (Å²) in [6.45, 7) is 5.39. The molecule has 0 bridgehead atoms. The molecule has 1 aliphatic rings. The first-order chi connectivity index (χ1) is 11.0. The molecule has 24 heavy (non-hydrogen) atoms. The zero-order valence-corrected chi connectivity index (χ0v) is 15.5. The van der Waals surface area contributed by atoms with Gasteiger partial charge in [0.1, 0.15) is 0 Å². The summed E-state index contributed by atoms with van der Waals surface area (Å²) >= 11 is 6.04. The maximum Gasteiger partial charge on any atom is 0.238 e. The van der Waals surface area contributed by atoms with Crippen molar-refractivity contribution < 1.29 is 9.59 Å². The lowest BCUT2D eigenvalue weighted by Gasteiger charge is -2.29. The van der Waals surface area contributed by atoms with Crippen LogP contribution in [0.1, 0.15) is 5.56 Å². The van der Waals surface area contributed by atoms with Gasteiger partial charge in [-0.1, -0.05) is 17.7 Å². The van der Waals surface area contributed by atoms with E-state index in [1.165, 1.54) is 0 Å². The highest BCUT2D eigenvalue weighted by Crippen LogP contribution is 2.19. The number of carbonyl (C=O) groups excluding carboxylic acids is 2. The average molecular weight is 375 g/mol. The number of nitrogens with zero attached hydrogens (tertiary/aromatic N) is 2. The van der Waals surface area contributed by atoms with E-state index in [-0.39, 0.29) is 37.3 Å². The summed E-state index contributed by atoms with van der Waals surface area (Å²) in [5.41, 5.74) is 1.62. The molecule has 2 amide bonds. The minimum Gasteiger partial charge on any atom is -0.339 e. The Morgan fingerprint density at radius 2 is 1.96 bits per heavy atom. The van der Waals surface area contributed by atoms with Gasteiger partial charge in [-0.2, -0.15) is 0 Å². The fourth-order valence-corrected chi connectivity index (χ4v) is 2.60. The third-order valence-electron chi connectivity index (χ3n) is 3.74. The first kappa shape index (κ1) is 20.7. The zero-order valence-electron chi connectivity index (χ0n) is 14.0. The fraction of sp³-hybridized carbons (Fsp3) is 0.500. The van der Waals surface area contributed by atoms with Crippen molar-refractivity contribution in [2.75, 3.05) is 51.6 Å². The standard InChI is InChI=1S/C16H23ClN4O2.ClH/c1-12-3-4-13(9-14(12)17)19-15(22)10-20(2)11-16(23)21-7-5-18-6-8-21;/h3-4,9,18H,5-8,10-11H2,1-2H3,(H,19,22);1H. The predicted molar refractivity (Wildman–Crippen MR) is 99.0 cm³/mol. The summed E-state index contributed by atoms with van der Waals surface area (Å²) in [5.74, 6) is -0.110. The molecule has 1 fully saturated rings. The molecule has 0 aliphatic carbocycles. The van der Waals surface area contributed by atoms with Crippen molar-refractivity contribution >= 4 is 41.5 Å². The number of benzene rings is 1. The van der Waals surface area contributed by atoms with E-state index in [2.05, 4.69) is 10.6 Å². The molecule has 1 aromatic rings. The van der Waals surface area contributed by atoms with Gasteiger partial charge in [0.05, 0.1) is 13.1 Å². The Morgan fingerprint density at radius 3 is 2.58 bits per heavy atom. The molecule has 6 nitrogen and oxygen atoms in total. The maximum atomic E-state index is 12.1. The molecule has 0 atom stereocenters. The molecule has 0 saturated carbocycles. The molecule has 134 valence electrons. The number of hydrogen-bond donors (Lipinski definition) is 2. The molecule has 1 aliphatic heterocycles. The molecule has 1 aromatic carbocycles. The Morgan fingerprint density at radius 1 is 1.29 bits per heavy atom. The molecule has 2 N–H and O–H groups in total. The van der Waals surface area contributed by atoms with Gasteiger partial charge in [-0.3, -0.25) is 14.5 Å². The monoisotopic (exact) mass is 374 g/mol. The van der Waals surface area contributed by atoms with E-state index in [0.717, 1.165) is 31.7 Å². The molecule has 0 spiro atoms. The Labute approximate surface area is 153 Å². The number of halogens is 2. The Balaban J connectivity index is 0.00000288. The average Bonchev–Trinajstić information content (AvgIpc) is 2.51. The van der Waals surface area contributed by atoms with Crippen molar-refractivity contribution in [2.24, 2.45) is 0 Å². The van der Waals surface area contributed by atoms with Crippen molar-refractivity contribution in [3.05, 3.63) is 28.8 Å². The van der Waals surface area contributed by atoms with Crippen molar-refractivity contribution in [3.8, 4) is 0 Å². The molecule has 0 radical (unpaired) electrons. The van der Waals surface area contributed by atoms with E-state index in [4.69, 9.17) is 11.6 Å². The minimum absolute atomic E-state index is 0. The topological polar surface area (TPSA) is 64.7 Å². The van der Waals surface area contributed by atoms with Gasteiger partial charge in [-0.25, -0.2) is 0 Å². The lowest BCUT2D eigenvalue weighted by atomic mass is 10.2. The number of carbonyl (C=O) groups is 2. The summed E-state index contributed by atoms with van der Waals surface area (Å²) in [7, 11) is 1.77. The maximum absolute atomic E-state index is 12.1. The molecule has 0 aromatic heterocycles. The summed E-state index contributed by atoms with van der Waals surface area (Å²) in [5, 5.41) is 6.62. The van der Waals surface area contributed by atoms with Crippen LogP contribution >= 0.6 is 24.0 Å². The summed E-state index contributed by atoms with van der Waals surface area (Å²) in [6, 6.07) is 5.39. The number of amides is 2. The van der Waals surface area contributed by atoms with Crippen molar-refractivity contribution in [2.45, 2.75) is 6.92 Å². The van der Waals surface area contributed by atoms with Crippen LogP contribution in [0.5, 0.6) is 0 Å². The van der Waals surface area contributed by atoms with E-state index in [1.807, 2.05) is 24.0 Å². The smallest absolute Gasteiger partial charge is 0.238 e. The summed E-state index contributed by atoms with van der Waals surface area (Å²) in [4.78, 5) is 27.7. The number of anilines is 1. The van der Waals surface area contributed by atoms with E-state index in [9.17, 15) is 9.59 Å². The molecule has 1 saturated heterocycles. The van der Waals surface area contributed by atoms with Crippen molar-refractivity contribution in [3.63, 3.8) is 0 Å². The van der Waals surface area contributed by atoms with E-state index in [0.29, 0.717) is 10.7 Å². The third-order valence-corrected chi connectivity index (χ3v) is 4.15. The van der Waals surface area contributed by atoms with Crippen molar-refractivity contribution in [1.29, 1.82) is 0 Å². The Hall–Kier alpha value is -1.34. The van der Waals surface area contributed by atoms with Crippen LogP contribution in [0.4, 0.5) is 5.69 Å². The minimum atomic E-state index is -0.166. The van der Waals surface area contributed by atoms with Gasteiger partial charge >= 0.3 is 0 Å². The van der Waals surface area contributed by atoms with E-state index in [1.54, 1.807) is 18.0 Å². The lowest BCUT2D eigenvalue weighted by Crippen LogP contribution is -2.49. The van der Waals surface area contributed by atoms with Gasteiger partial charge in [0, 0.05) is 36.9 Å². The number of likely N-dealkylation sites (N-methyl/N-ethyl adjacent to an activating group) is 1.